The summed E-state index contributed by atoms with van der Waals surface area (Å²) in [6.07, 6.45) is 14.4. The van der Waals surface area contributed by atoms with Gasteiger partial charge in [-0.25, -0.2) is 0 Å². The van der Waals surface area contributed by atoms with Crippen molar-refractivity contribution in [1.82, 2.24) is 0 Å². The Morgan fingerprint density at radius 1 is 0.938 bits per heavy atom. The number of hydrogen-bond donors (Lipinski definition) is 1. The average Bonchev–Trinajstić information content (AvgIpc) is 3.06. The SMILES string of the molecule is CC(C)C(/C=C/[C@@H](C)[C@H]1CCC2C3C(=O)C=C4C[C@@H](O)CC[C@]4(C)C3CC[C@@]21C)C(C)C. The van der Waals surface area contributed by atoms with Crippen molar-refractivity contribution < 1.29 is 9.90 Å². The van der Waals surface area contributed by atoms with Gasteiger partial charge in [0.1, 0.15) is 0 Å². The van der Waals surface area contributed by atoms with Crippen molar-refractivity contribution in [3.8, 4) is 0 Å². The van der Waals surface area contributed by atoms with E-state index in [1.165, 1.54) is 31.3 Å². The Bertz CT molecular complexity index is 768. The second kappa shape index (κ2) is 8.71. The second-order valence-electron chi connectivity index (χ2n) is 13.2. The van der Waals surface area contributed by atoms with E-state index in [0.29, 0.717) is 53.6 Å². The third-order valence-electron chi connectivity index (χ3n) is 10.8. The van der Waals surface area contributed by atoms with Crippen LogP contribution in [0.1, 0.15) is 93.4 Å². The Balaban J connectivity index is 1.57. The van der Waals surface area contributed by atoms with Crippen LogP contribution in [0.25, 0.3) is 0 Å². The molecular formula is C30H48O2. The van der Waals surface area contributed by atoms with Crippen molar-refractivity contribution in [2.75, 3.05) is 0 Å². The van der Waals surface area contributed by atoms with Gasteiger partial charge >= 0.3 is 0 Å². The highest BCUT2D eigenvalue weighted by atomic mass is 16.3. The van der Waals surface area contributed by atoms with Gasteiger partial charge in [-0.2, -0.15) is 0 Å². The Hall–Kier alpha value is -0.890. The molecule has 0 radical (unpaired) electrons. The maximum atomic E-state index is 13.5. The van der Waals surface area contributed by atoms with Gasteiger partial charge in [-0.15, -0.1) is 0 Å². The van der Waals surface area contributed by atoms with Gasteiger partial charge in [0.25, 0.3) is 0 Å². The second-order valence-corrected chi connectivity index (χ2v) is 13.2. The Labute approximate surface area is 197 Å². The molecule has 8 atom stereocenters. The molecule has 0 amide bonds. The van der Waals surface area contributed by atoms with Crippen LogP contribution in [-0.2, 0) is 4.79 Å². The van der Waals surface area contributed by atoms with Crippen LogP contribution in [0, 0.1) is 58.2 Å². The first-order chi connectivity index (χ1) is 15.0. The van der Waals surface area contributed by atoms with Crippen LogP contribution in [0.5, 0.6) is 0 Å². The molecule has 0 heterocycles. The highest BCUT2D eigenvalue weighted by Gasteiger charge is 2.61. The molecule has 0 aromatic rings. The van der Waals surface area contributed by atoms with Gasteiger partial charge in [0.2, 0.25) is 0 Å². The molecule has 0 bridgehead atoms. The number of rotatable bonds is 5. The van der Waals surface area contributed by atoms with Crippen molar-refractivity contribution in [3.63, 3.8) is 0 Å². The highest BCUT2D eigenvalue weighted by Crippen LogP contribution is 2.66. The zero-order valence-electron chi connectivity index (χ0n) is 21.7. The molecule has 0 aromatic heterocycles. The van der Waals surface area contributed by atoms with Gasteiger partial charge in [0.15, 0.2) is 5.78 Å². The lowest BCUT2D eigenvalue weighted by atomic mass is 9.46. The van der Waals surface area contributed by atoms with E-state index in [1.807, 2.05) is 6.08 Å². The molecule has 2 heteroatoms. The Morgan fingerprint density at radius 2 is 1.62 bits per heavy atom. The number of hydrogen-bond acceptors (Lipinski definition) is 2. The number of carbonyl (C=O) groups is 1. The lowest BCUT2D eigenvalue weighted by molar-refractivity contribution is -0.134. The molecule has 0 spiro atoms. The van der Waals surface area contributed by atoms with Gasteiger partial charge in [-0.05, 0) is 103 Å². The van der Waals surface area contributed by atoms with Crippen molar-refractivity contribution >= 4 is 5.78 Å². The van der Waals surface area contributed by atoms with Crippen LogP contribution in [0.15, 0.2) is 23.8 Å². The van der Waals surface area contributed by atoms with Gasteiger partial charge in [0, 0.05) is 5.92 Å². The maximum absolute atomic E-state index is 13.5. The fourth-order valence-corrected chi connectivity index (χ4v) is 8.94. The van der Waals surface area contributed by atoms with Gasteiger partial charge < -0.3 is 5.11 Å². The molecule has 3 saturated carbocycles. The van der Waals surface area contributed by atoms with E-state index in [-0.39, 0.29) is 22.9 Å². The number of aliphatic hydroxyl groups is 1. The lowest BCUT2D eigenvalue weighted by Gasteiger charge is -2.57. The molecule has 4 aliphatic rings. The fraction of sp³-hybridized carbons (Fsp3) is 0.833. The summed E-state index contributed by atoms with van der Waals surface area (Å²) in [7, 11) is 0. The number of fused-ring (bicyclic) bond motifs is 5. The minimum Gasteiger partial charge on any atom is -0.393 e. The molecule has 0 aliphatic heterocycles. The van der Waals surface area contributed by atoms with Gasteiger partial charge in [-0.1, -0.05) is 66.2 Å². The summed E-state index contributed by atoms with van der Waals surface area (Å²) in [6.45, 7) is 16.7. The third kappa shape index (κ3) is 3.87. The summed E-state index contributed by atoms with van der Waals surface area (Å²) in [6, 6.07) is 0. The summed E-state index contributed by atoms with van der Waals surface area (Å²) in [4.78, 5) is 13.5. The summed E-state index contributed by atoms with van der Waals surface area (Å²) in [5.41, 5.74) is 1.66. The first-order valence-electron chi connectivity index (χ1n) is 13.6. The van der Waals surface area contributed by atoms with Crippen molar-refractivity contribution in [3.05, 3.63) is 23.8 Å². The molecule has 2 nitrogen and oxygen atoms in total. The zero-order chi connectivity index (χ0) is 23.4. The van der Waals surface area contributed by atoms with Crippen LogP contribution < -0.4 is 0 Å². The predicted molar refractivity (Wildman–Crippen MR) is 133 cm³/mol. The van der Waals surface area contributed by atoms with E-state index < -0.39 is 0 Å². The molecule has 4 aliphatic carbocycles. The molecule has 4 rings (SSSR count). The molecule has 3 unspecified atom stereocenters. The molecule has 0 aromatic carbocycles. The highest BCUT2D eigenvalue weighted by molar-refractivity contribution is 5.94. The fourth-order valence-electron chi connectivity index (χ4n) is 8.94. The number of allylic oxidation sites excluding steroid dienone is 3. The van der Waals surface area contributed by atoms with Crippen LogP contribution >= 0.6 is 0 Å². The summed E-state index contributed by atoms with van der Waals surface area (Å²) in [5.74, 6) is 4.86. The first kappa shape index (κ1) is 24.2. The molecular weight excluding hydrogens is 392 g/mol. The van der Waals surface area contributed by atoms with Crippen LogP contribution in [0.3, 0.4) is 0 Å². The largest absolute Gasteiger partial charge is 0.393 e. The number of aliphatic hydroxyl groups excluding tert-OH is 1. The topological polar surface area (TPSA) is 37.3 Å². The van der Waals surface area contributed by atoms with Gasteiger partial charge in [-0.3, -0.25) is 4.79 Å². The minimum absolute atomic E-state index is 0.129. The van der Waals surface area contributed by atoms with Crippen molar-refractivity contribution in [2.45, 2.75) is 99.5 Å². The molecule has 1 N–H and O–H groups in total. The molecule has 3 fully saturated rings. The normalized spacial score (nSPS) is 42.9. The molecule has 32 heavy (non-hydrogen) atoms. The van der Waals surface area contributed by atoms with E-state index in [9.17, 15) is 9.90 Å². The van der Waals surface area contributed by atoms with Crippen LogP contribution in [0.2, 0.25) is 0 Å². The van der Waals surface area contributed by atoms with E-state index in [2.05, 4.69) is 60.6 Å². The average molecular weight is 441 g/mol. The Kier molecular flexibility index (Phi) is 6.60. The Morgan fingerprint density at radius 3 is 2.28 bits per heavy atom. The zero-order valence-corrected chi connectivity index (χ0v) is 21.7. The van der Waals surface area contributed by atoms with Crippen LogP contribution in [0.4, 0.5) is 0 Å². The molecule has 0 saturated heterocycles. The van der Waals surface area contributed by atoms with Crippen molar-refractivity contribution in [1.29, 1.82) is 0 Å². The van der Waals surface area contributed by atoms with E-state index in [4.69, 9.17) is 0 Å². The minimum atomic E-state index is -0.253. The van der Waals surface area contributed by atoms with Crippen molar-refractivity contribution in [2.24, 2.45) is 58.2 Å². The van der Waals surface area contributed by atoms with E-state index in [0.717, 1.165) is 12.8 Å². The third-order valence-corrected chi connectivity index (χ3v) is 10.8. The summed E-state index contributed by atoms with van der Waals surface area (Å²) in [5, 5.41) is 10.2. The first-order valence-corrected chi connectivity index (χ1v) is 13.6. The summed E-state index contributed by atoms with van der Waals surface area (Å²) < 4.78 is 0. The van der Waals surface area contributed by atoms with E-state index >= 15 is 0 Å². The smallest absolute Gasteiger partial charge is 0.159 e. The maximum Gasteiger partial charge on any atom is 0.159 e. The monoisotopic (exact) mass is 440 g/mol. The lowest BCUT2D eigenvalue weighted by Crippen LogP contribution is -2.53. The van der Waals surface area contributed by atoms with Gasteiger partial charge in [0.05, 0.1) is 6.10 Å². The predicted octanol–water partition coefficient (Wildman–Crippen LogP) is 7.23. The standard InChI is InChI=1S/C30H48O2/c1-18(2)23(19(3)4)9-8-20(5)24-10-11-25-28-26(13-15-30(24,25)7)29(6)14-12-22(31)16-21(29)17-27(28)32/h8-9,17-20,22-26,28,31H,10-16H2,1-7H3/b9-8+/t20-,22+,24-,25?,26?,28?,29+,30-/m1/s1. The van der Waals surface area contributed by atoms with E-state index in [1.54, 1.807) is 0 Å². The summed E-state index contributed by atoms with van der Waals surface area (Å²) >= 11 is 0. The molecule has 180 valence electrons. The quantitative estimate of drug-likeness (QED) is 0.458. The number of ketones is 1. The van der Waals surface area contributed by atoms with Crippen LogP contribution in [-0.4, -0.2) is 17.0 Å². The number of carbonyl (C=O) groups excluding carboxylic acids is 1.